The number of amides is 2. The Labute approximate surface area is 123 Å². The zero-order chi connectivity index (χ0) is 16.3. The lowest BCUT2D eigenvalue weighted by Crippen LogP contribution is -2.46. The lowest BCUT2D eigenvalue weighted by molar-refractivity contribution is -0.140. The standard InChI is InChI=1S/C13H24N2O6/c1-9(2)21-8-4-3-7-14-13(20)15-10(12(18)19)5-6-11(16)17/h9-10H,3-8H2,1-2H3,(H,16,17)(H,18,19)(H2,14,15,20). The van der Waals surface area contributed by atoms with E-state index in [1.165, 1.54) is 0 Å². The Hall–Kier alpha value is -1.83. The van der Waals surface area contributed by atoms with Crippen molar-refractivity contribution in [1.29, 1.82) is 0 Å². The maximum atomic E-state index is 11.5. The number of ether oxygens (including phenoxy) is 1. The molecule has 1 atom stereocenters. The van der Waals surface area contributed by atoms with Gasteiger partial charge in [-0.2, -0.15) is 0 Å². The summed E-state index contributed by atoms with van der Waals surface area (Å²) in [6, 6.07) is -1.82. The summed E-state index contributed by atoms with van der Waals surface area (Å²) in [5.74, 6) is -2.36. The van der Waals surface area contributed by atoms with E-state index in [1.807, 2.05) is 13.8 Å². The zero-order valence-corrected chi connectivity index (χ0v) is 12.4. The van der Waals surface area contributed by atoms with Gasteiger partial charge in [-0.05, 0) is 33.1 Å². The minimum atomic E-state index is -1.25. The number of hydrogen-bond donors (Lipinski definition) is 4. The Morgan fingerprint density at radius 2 is 1.81 bits per heavy atom. The third-order valence-electron chi connectivity index (χ3n) is 2.56. The molecule has 122 valence electrons. The molecule has 0 aliphatic rings. The molecule has 0 radical (unpaired) electrons. The molecule has 0 aliphatic heterocycles. The number of carbonyl (C=O) groups excluding carboxylic acids is 1. The molecule has 0 saturated heterocycles. The molecular formula is C13H24N2O6. The highest BCUT2D eigenvalue weighted by Crippen LogP contribution is 1.98. The Kier molecular flexibility index (Phi) is 9.95. The van der Waals surface area contributed by atoms with Crippen LogP contribution in [-0.4, -0.2) is 53.5 Å². The summed E-state index contributed by atoms with van der Waals surface area (Å²) >= 11 is 0. The molecular weight excluding hydrogens is 280 g/mol. The van der Waals surface area contributed by atoms with Gasteiger partial charge in [0.05, 0.1) is 6.10 Å². The molecule has 0 spiro atoms. The molecule has 8 nitrogen and oxygen atoms in total. The molecule has 0 aromatic heterocycles. The van der Waals surface area contributed by atoms with Gasteiger partial charge in [-0.15, -0.1) is 0 Å². The molecule has 0 bridgehead atoms. The molecule has 0 aromatic carbocycles. The summed E-state index contributed by atoms with van der Waals surface area (Å²) in [7, 11) is 0. The molecule has 0 heterocycles. The average molecular weight is 304 g/mol. The fraction of sp³-hybridized carbons (Fsp3) is 0.769. The summed E-state index contributed by atoms with van der Waals surface area (Å²) in [4.78, 5) is 32.8. The molecule has 8 heteroatoms. The molecule has 1 unspecified atom stereocenters. The van der Waals surface area contributed by atoms with Crippen LogP contribution in [-0.2, 0) is 14.3 Å². The van der Waals surface area contributed by atoms with Crippen molar-refractivity contribution in [3.63, 3.8) is 0 Å². The summed E-state index contributed by atoms with van der Waals surface area (Å²) in [6.07, 6.45) is 1.21. The van der Waals surface area contributed by atoms with Crippen molar-refractivity contribution in [1.82, 2.24) is 10.6 Å². The number of hydrogen-bond acceptors (Lipinski definition) is 4. The minimum absolute atomic E-state index is 0.152. The van der Waals surface area contributed by atoms with Crippen LogP contribution in [0.25, 0.3) is 0 Å². The number of carboxylic acid groups (broad SMARTS) is 2. The van der Waals surface area contributed by atoms with Gasteiger partial charge in [0.1, 0.15) is 6.04 Å². The van der Waals surface area contributed by atoms with Gasteiger partial charge in [-0.3, -0.25) is 4.79 Å². The van der Waals surface area contributed by atoms with Gasteiger partial charge in [0, 0.05) is 19.6 Å². The van der Waals surface area contributed by atoms with E-state index in [0.717, 1.165) is 6.42 Å². The van der Waals surface area contributed by atoms with Gasteiger partial charge in [-0.25, -0.2) is 9.59 Å². The van der Waals surface area contributed by atoms with Crippen molar-refractivity contribution in [3.8, 4) is 0 Å². The van der Waals surface area contributed by atoms with E-state index in [4.69, 9.17) is 14.9 Å². The van der Waals surface area contributed by atoms with Crippen molar-refractivity contribution in [2.75, 3.05) is 13.2 Å². The first-order valence-corrected chi connectivity index (χ1v) is 6.93. The van der Waals surface area contributed by atoms with E-state index in [-0.39, 0.29) is 18.9 Å². The highest BCUT2D eigenvalue weighted by molar-refractivity contribution is 5.82. The van der Waals surface area contributed by atoms with Gasteiger partial charge in [0.2, 0.25) is 0 Å². The van der Waals surface area contributed by atoms with E-state index < -0.39 is 24.0 Å². The molecule has 21 heavy (non-hydrogen) atoms. The molecule has 0 aliphatic carbocycles. The Morgan fingerprint density at radius 1 is 1.14 bits per heavy atom. The second kappa shape index (κ2) is 10.9. The second-order valence-corrected chi connectivity index (χ2v) is 4.85. The molecule has 0 fully saturated rings. The van der Waals surface area contributed by atoms with Gasteiger partial charge in [0.15, 0.2) is 0 Å². The van der Waals surface area contributed by atoms with Crippen LogP contribution in [0, 0.1) is 0 Å². The van der Waals surface area contributed by atoms with Crippen LogP contribution < -0.4 is 10.6 Å². The summed E-state index contributed by atoms with van der Waals surface area (Å²) in [6.45, 7) is 4.89. The lowest BCUT2D eigenvalue weighted by atomic mass is 10.1. The second-order valence-electron chi connectivity index (χ2n) is 4.85. The molecule has 0 rings (SSSR count). The smallest absolute Gasteiger partial charge is 0.326 e. The summed E-state index contributed by atoms with van der Waals surface area (Å²) < 4.78 is 5.34. The first kappa shape index (κ1) is 19.2. The zero-order valence-electron chi connectivity index (χ0n) is 12.4. The van der Waals surface area contributed by atoms with Crippen LogP contribution in [0.1, 0.15) is 39.5 Å². The van der Waals surface area contributed by atoms with Crippen molar-refractivity contribution >= 4 is 18.0 Å². The van der Waals surface area contributed by atoms with E-state index >= 15 is 0 Å². The predicted octanol–water partition coefficient (Wildman–Crippen LogP) is 0.809. The Morgan fingerprint density at radius 3 is 2.33 bits per heavy atom. The maximum absolute atomic E-state index is 11.5. The highest BCUT2D eigenvalue weighted by Gasteiger charge is 2.20. The third-order valence-corrected chi connectivity index (χ3v) is 2.56. The lowest BCUT2D eigenvalue weighted by Gasteiger charge is -2.14. The van der Waals surface area contributed by atoms with Crippen LogP contribution >= 0.6 is 0 Å². The Balaban J connectivity index is 3.83. The molecule has 0 aromatic rings. The monoisotopic (exact) mass is 304 g/mol. The quantitative estimate of drug-likeness (QED) is 0.419. The first-order chi connectivity index (χ1) is 9.82. The average Bonchev–Trinajstić information content (AvgIpc) is 2.37. The predicted molar refractivity (Wildman–Crippen MR) is 75.2 cm³/mol. The van der Waals surface area contributed by atoms with Gasteiger partial charge in [0.25, 0.3) is 0 Å². The van der Waals surface area contributed by atoms with Crippen molar-refractivity contribution < 1.29 is 29.3 Å². The molecule has 2 amide bonds. The summed E-state index contributed by atoms with van der Waals surface area (Å²) in [5.41, 5.74) is 0. The molecule has 0 saturated carbocycles. The van der Waals surface area contributed by atoms with Gasteiger partial charge < -0.3 is 25.6 Å². The number of carboxylic acids is 2. The topological polar surface area (TPSA) is 125 Å². The minimum Gasteiger partial charge on any atom is -0.481 e. The van der Waals surface area contributed by atoms with Crippen molar-refractivity contribution in [2.24, 2.45) is 0 Å². The van der Waals surface area contributed by atoms with Crippen LogP contribution in [0.3, 0.4) is 0 Å². The first-order valence-electron chi connectivity index (χ1n) is 6.93. The third kappa shape index (κ3) is 11.7. The van der Waals surface area contributed by atoms with Crippen LogP contribution in [0.15, 0.2) is 0 Å². The van der Waals surface area contributed by atoms with Crippen LogP contribution in [0.2, 0.25) is 0 Å². The SMILES string of the molecule is CC(C)OCCCCNC(=O)NC(CCC(=O)O)C(=O)O. The number of aliphatic carboxylic acids is 2. The number of unbranched alkanes of at least 4 members (excludes halogenated alkanes) is 1. The van der Waals surface area contributed by atoms with E-state index in [9.17, 15) is 14.4 Å². The highest BCUT2D eigenvalue weighted by atomic mass is 16.5. The van der Waals surface area contributed by atoms with Gasteiger partial charge in [-0.1, -0.05) is 0 Å². The number of rotatable bonds is 11. The fourth-order valence-electron chi connectivity index (χ4n) is 1.48. The van der Waals surface area contributed by atoms with E-state index in [0.29, 0.717) is 19.6 Å². The van der Waals surface area contributed by atoms with Gasteiger partial charge >= 0.3 is 18.0 Å². The largest absolute Gasteiger partial charge is 0.481 e. The fourth-order valence-corrected chi connectivity index (χ4v) is 1.48. The summed E-state index contributed by atoms with van der Waals surface area (Å²) in [5, 5.41) is 22.1. The van der Waals surface area contributed by atoms with Crippen molar-refractivity contribution in [2.45, 2.75) is 51.7 Å². The van der Waals surface area contributed by atoms with E-state index in [2.05, 4.69) is 10.6 Å². The molecule has 4 N–H and O–H groups in total. The normalized spacial score (nSPS) is 12.0. The number of nitrogens with one attached hydrogen (secondary N) is 2. The van der Waals surface area contributed by atoms with Crippen molar-refractivity contribution in [3.05, 3.63) is 0 Å². The van der Waals surface area contributed by atoms with E-state index in [1.54, 1.807) is 0 Å². The van der Waals surface area contributed by atoms with Crippen LogP contribution in [0.5, 0.6) is 0 Å². The Bertz CT molecular complexity index is 346. The number of urea groups is 1. The maximum Gasteiger partial charge on any atom is 0.326 e. The number of carbonyl (C=O) groups is 3. The van der Waals surface area contributed by atoms with Crippen LogP contribution in [0.4, 0.5) is 4.79 Å².